The van der Waals surface area contributed by atoms with Crippen molar-refractivity contribution in [2.24, 2.45) is 0 Å². The Labute approximate surface area is 104 Å². The van der Waals surface area contributed by atoms with Crippen LogP contribution in [0, 0.1) is 6.92 Å². The topological polar surface area (TPSA) is 32.3 Å². The third kappa shape index (κ3) is 4.10. The van der Waals surface area contributed by atoms with Crippen LogP contribution >= 0.6 is 0 Å². The Morgan fingerprint density at radius 1 is 1.35 bits per heavy atom. The third-order valence-corrected chi connectivity index (χ3v) is 2.96. The van der Waals surface area contributed by atoms with Crippen LogP contribution in [0.15, 0.2) is 24.3 Å². The quantitative estimate of drug-likeness (QED) is 0.853. The van der Waals surface area contributed by atoms with Crippen LogP contribution in [0.1, 0.15) is 25.0 Å². The fourth-order valence-corrected chi connectivity index (χ4v) is 1.68. The Kier molecular flexibility index (Phi) is 5.01. The van der Waals surface area contributed by atoms with Crippen LogP contribution in [0.2, 0.25) is 0 Å². The summed E-state index contributed by atoms with van der Waals surface area (Å²) in [6.45, 7) is 6.74. The molecule has 0 aliphatic carbocycles. The van der Waals surface area contributed by atoms with Gasteiger partial charge in [-0.1, -0.05) is 29.8 Å². The van der Waals surface area contributed by atoms with Crippen LogP contribution < -0.4 is 5.32 Å². The van der Waals surface area contributed by atoms with Gasteiger partial charge in [-0.15, -0.1) is 0 Å². The molecule has 0 fully saturated rings. The average molecular weight is 234 g/mol. The Hall–Kier alpha value is -1.51. The first kappa shape index (κ1) is 13.6. The summed E-state index contributed by atoms with van der Waals surface area (Å²) in [5.74, 6) is 0. The van der Waals surface area contributed by atoms with Crippen LogP contribution in [0.25, 0.3) is 0 Å². The number of aryl methyl sites for hydroxylation is 1. The second-order valence-corrected chi connectivity index (χ2v) is 4.49. The number of likely N-dealkylation sites (N-methyl/N-ethyl adjacent to an activating group) is 1. The van der Waals surface area contributed by atoms with E-state index in [9.17, 15) is 4.79 Å². The minimum atomic E-state index is -0.00730. The molecule has 1 aromatic carbocycles. The van der Waals surface area contributed by atoms with E-state index >= 15 is 0 Å². The number of hydrogen-bond acceptors (Lipinski definition) is 1. The monoisotopic (exact) mass is 234 g/mol. The molecule has 1 aromatic rings. The summed E-state index contributed by atoms with van der Waals surface area (Å²) in [6, 6.07) is 8.65. The van der Waals surface area contributed by atoms with E-state index in [4.69, 9.17) is 0 Å². The van der Waals surface area contributed by atoms with Gasteiger partial charge in [0.1, 0.15) is 0 Å². The number of carbonyl (C=O) groups is 1. The molecule has 0 heterocycles. The lowest BCUT2D eigenvalue weighted by molar-refractivity contribution is 0.194. The van der Waals surface area contributed by atoms with Gasteiger partial charge in [0, 0.05) is 19.6 Å². The summed E-state index contributed by atoms with van der Waals surface area (Å²) in [5, 5.41) is 2.81. The molecule has 0 aromatic heterocycles. The smallest absolute Gasteiger partial charge is 0.317 e. The lowest BCUT2D eigenvalue weighted by Crippen LogP contribution is -2.43. The van der Waals surface area contributed by atoms with Crippen molar-refractivity contribution >= 4 is 6.03 Å². The maximum Gasteiger partial charge on any atom is 0.317 e. The van der Waals surface area contributed by atoms with E-state index < -0.39 is 0 Å². The molecule has 17 heavy (non-hydrogen) atoms. The molecule has 0 unspecified atom stereocenters. The van der Waals surface area contributed by atoms with Crippen LogP contribution in [0.5, 0.6) is 0 Å². The Bertz CT molecular complexity index is 359. The summed E-state index contributed by atoms with van der Waals surface area (Å²) in [6.07, 6.45) is 0.883. The fourth-order valence-electron chi connectivity index (χ4n) is 1.68. The summed E-state index contributed by atoms with van der Waals surface area (Å²) >= 11 is 0. The van der Waals surface area contributed by atoms with Crippen molar-refractivity contribution in [2.75, 3.05) is 13.6 Å². The molecule has 3 heteroatoms. The Morgan fingerprint density at radius 2 is 1.94 bits per heavy atom. The number of amides is 2. The van der Waals surface area contributed by atoms with Crippen molar-refractivity contribution in [3.05, 3.63) is 35.4 Å². The van der Waals surface area contributed by atoms with Gasteiger partial charge in [0.25, 0.3) is 0 Å². The number of nitrogens with one attached hydrogen (secondary N) is 1. The second kappa shape index (κ2) is 6.28. The highest BCUT2D eigenvalue weighted by atomic mass is 16.2. The summed E-state index contributed by atoms with van der Waals surface area (Å²) < 4.78 is 0. The van der Waals surface area contributed by atoms with Crippen LogP contribution in [-0.2, 0) is 6.42 Å². The molecule has 0 radical (unpaired) electrons. The second-order valence-electron chi connectivity index (χ2n) is 4.49. The first-order valence-corrected chi connectivity index (χ1v) is 6.10. The van der Waals surface area contributed by atoms with Gasteiger partial charge in [-0.2, -0.15) is 0 Å². The molecule has 0 aliphatic heterocycles. The van der Waals surface area contributed by atoms with E-state index in [0.29, 0.717) is 6.54 Å². The number of nitrogens with zero attached hydrogens (tertiary/aromatic N) is 1. The predicted octanol–water partition coefficient (Wildman–Crippen LogP) is 2.59. The molecular formula is C14H22N2O. The Balaban J connectivity index is 2.56. The van der Waals surface area contributed by atoms with E-state index in [1.54, 1.807) is 4.90 Å². The zero-order valence-corrected chi connectivity index (χ0v) is 11.2. The largest absolute Gasteiger partial charge is 0.338 e. The molecule has 1 N–H and O–H groups in total. The normalized spacial score (nSPS) is 12.0. The summed E-state index contributed by atoms with van der Waals surface area (Å²) in [4.78, 5) is 13.4. The Morgan fingerprint density at radius 3 is 2.47 bits per heavy atom. The van der Waals surface area contributed by atoms with Gasteiger partial charge in [-0.05, 0) is 32.8 Å². The highest BCUT2D eigenvalue weighted by Crippen LogP contribution is 2.09. The molecule has 0 saturated heterocycles. The van der Waals surface area contributed by atoms with Crippen molar-refractivity contribution in [1.29, 1.82) is 0 Å². The number of urea groups is 1. The van der Waals surface area contributed by atoms with E-state index in [1.165, 1.54) is 11.1 Å². The van der Waals surface area contributed by atoms with Gasteiger partial charge in [0.05, 0.1) is 0 Å². The molecule has 1 rings (SSSR count). The van der Waals surface area contributed by atoms with Gasteiger partial charge in [0.15, 0.2) is 0 Å². The van der Waals surface area contributed by atoms with Gasteiger partial charge in [0.2, 0.25) is 0 Å². The highest BCUT2D eigenvalue weighted by Gasteiger charge is 2.14. The van der Waals surface area contributed by atoms with Crippen LogP contribution in [-0.4, -0.2) is 30.6 Å². The van der Waals surface area contributed by atoms with Crippen molar-refractivity contribution in [3.8, 4) is 0 Å². The molecule has 94 valence electrons. The van der Waals surface area contributed by atoms with E-state index in [0.717, 1.165) is 6.42 Å². The van der Waals surface area contributed by atoms with Crippen LogP contribution in [0.3, 0.4) is 0 Å². The highest BCUT2D eigenvalue weighted by molar-refractivity contribution is 5.74. The van der Waals surface area contributed by atoms with Gasteiger partial charge in [-0.3, -0.25) is 0 Å². The fraction of sp³-hybridized carbons (Fsp3) is 0.500. The van der Waals surface area contributed by atoms with Crippen molar-refractivity contribution < 1.29 is 4.79 Å². The number of hydrogen-bond donors (Lipinski definition) is 1. The average Bonchev–Trinajstić information content (AvgIpc) is 2.31. The first-order chi connectivity index (χ1) is 8.04. The van der Waals surface area contributed by atoms with E-state index in [-0.39, 0.29) is 12.1 Å². The molecule has 3 nitrogen and oxygen atoms in total. The minimum Gasteiger partial charge on any atom is -0.338 e. The zero-order valence-electron chi connectivity index (χ0n) is 11.2. The molecule has 0 aliphatic rings. The minimum absolute atomic E-state index is 0.00730. The number of rotatable bonds is 4. The maximum atomic E-state index is 11.6. The molecule has 1 atom stereocenters. The molecular weight excluding hydrogens is 212 g/mol. The number of carbonyl (C=O) groups excluding carboxylic acids is 1. The lowest BCUT2D eigenvalue weighted by atomic mass is 10.1. The third-order valence-electron chi connectivity index (χ3n) is 2.96. The first-order valence-electron chi connectivity index (χ1n) is 6.10. The predicted molar refractivity (Wildman–Crippen MR) is 71.2 cm³/mol. The summed E-state index contributed by atoms with van der Waals surface area (Å²) in [7, 11) is 1.84. The van der Waals surface area contributed by atoms with Crippen molar-refractivity contribution in [3.63, 3.8) is 0 Å². The van der Waals surface area contributed by atoms with E-state index in [1.807, 2.05) is 14.0 Å². The van der Waals surface area contributed by atoms with Gasteiger partial charge < -0.3 is 10.2 Å². The van der Waals surface area contributed by atoms with Gasteiger partial charge in [-0.25, -0.2) is 4.79 Å². The molecule has 0 spiro atoms. The van der Waals surface area contributed by atoms with Crippen LogP contribution in [0.4, 0.5) is 4.79 Å². The van der Waals surface area contributed by atoms with Gasteiger partial charge >= 0.3 is 6.03 Å². The standard InChI is InChI=1S/C14H22N2O/c1-5-15-14(17)16(4)12(3)10-13-8-6-11(2)7-9-13/h6-9,12H,5,10H2,1-4H3,(H,15,17)/t12-/m0/s1. The van der Waals surface area contributed by atoms with Crippen molar-refractivity contribution in [2.45, 2.75) is 33.2 Å². The lowest BCUT2D eigenvalue weighted by Gasteiger charge is -2.25. The van der Waals surface area contributed by atoms with Crippen molar-refractivity contribution in [1.82, 2.24) is 10.2 Å². The molecule has 0 bridgehead atoms. The maximum absolute atomic E-state index is 11.6. The summed E-state index contributed by atoms with van der Waals surface area (Å²) in [5.41, 5.74) is 2.53. The molecule has 2 amide bonds. The van der Waals surface area contributed by atoms with E-state index in [2.05, 4.69) is 43.4 Å². The zero-order chi connectivity index (χ0) is 12.8. The SMILES string of the molecule is CCNC(=O)N(C)[C@@H](C)Cc1ccc(C)cc1. The number of benzene rings is 1. The molecule has 0 saturated carbocycles.